The number of hydrogen-bond donors (Lipinski definition) is 1. The molecule has 1 aromatic carbocycles. The number of nitrogens with two attached hydrogens (primary N) is 1. The van der Waals surface area contributed by atoms with Crippen molar-refractivity contribution < 1.29 is 9.13 Å². The third-order valence-electron chi connectivity index (χ3n) is 3.51. The summed E-state index contributed by atoms with van der Waals surface area (Å²) < 4.78 is 18.5. The molecule has 0 amide bonds. The van der Waals surface area contributed by atoms with Gasteiger partial charge >= 0.3 is 0 Å². The van der Waals surface area contributed by atoms with Crippen molar-refractivity contribution in [2.75, 3.05) is 32.1 Å². The van der Waals surface area contributed by atoms with E-state index in [9.17, 15) is 4.39 Å². The van der Waals surface area contributed by atoms with Crippen molar-refractivity contribution in [2.24, 2.45) is 11.1 Å². The van der Waals surface area contributed by atoms with Crippen LogP contribution in [0.25, 0.3) is 0 Å². The Hall–Kier alpha value is -1.29. The molecule has 1 fully saturated rings. The first-order chi connectivity index (χ1) is 8.10. The molecule has 17 heavy (non-hydrogen) atoms. The molecule has 4 heteroatoms. The quantitative estimate of drug-likeness (QED) is 0.852. The maximum Gasteiger partial charge on any atom is 0.142 e. The monoisotopic (exact) mass is 238 g/mol. The topological polar surface area (TPSA) is 38.5 Å². The Morgan fingerprint density at radius 3 is 2.71 bits per heavy atom. The fourth-order valence-electron chi connectivity index (χ4n) is 2.15. The van der Waals surface area contributed by atoms with E-state index in [-0.39, 0.29) is 11.2 Å². The summed E-state index contributed by atoms with van der Waals surface area (Å²) in [5.41, 5.74) is 6.78. The van der Waals surface area contributed by atoms with E-state index >= 15 is 0 Å². The lowest BCUT2D eigenvalue weighted by atomic mass is 10.1. The largest absolute Gasteiger partial charge is 0.495 e. The maximum absolute atomic E-state index is 13.3. The summed E-state index contributed by atoms with van der Waals surface area (Å²) in [4.78, 5) is 2.03. The van der Waals surface area contributed by atoms with Gasteiger partial charge in [0, 0.05) is 25.1 Å². The van der Waals surface area contributed by atoms with Gasteiger partial charge < -0.3 is 15.4 Å². The van der Waals surface area contributed by atoms with E-state index in [1.165, 1.54) is 12.1 Å². The van der Waals surface area contributed by atoms with Crippen molar-refractivity contribution in [1.82, 2.24) is 0 Å². The second-order valence-electron chi connectivity index (χ2n) is 4.88. The molecule has 2 rings (SSSR count). The minimum absolute atomic E-state index is 0.228. The SMILES string of the molecule is COc1ccc(F)cc1N(C)CC1(CN)CC1. The summed E-state index contributed by atoms with van der Waals surface area (Å²) in [6.45, 7) is 1.54. The zero-order valence-electron chi connectivity index (χ0n) is 10.4. The van der Waals surface area contributed by atoms with Gasteiger partial charge in [-0.25, -0.2) is 4.39 Å². The molecule has 0 aromatic heterocycles. The zero-order valence-corrected chi connectivity index (χ0v) is 10.4. The van der Waals surface area contributed by atoms with Crippen LogP contribution in [0, 0.1) is 11.2 Å². The molecule has 0 atom stereocenters. The van der Waals surface area contributed by atoms with Gasteiger partial charge in [-0.2, -0.15) is 0 Å². The number of hydrogen-bond acceptors (Lipinski definition) is 3. The van der Waals surface area contributed by atoms with Crippen molar-refractivity contribution in [3.63, 3.8) is 0 Å². The number of benzene rings is 1. The molecule has 0 aliphatic heterocycles. The third-order valence-corrected chi connectivity index (χ3v) is 3.51. The molecule has 0 spiro atoms. The molecule has 0 bridgehead atoms. The van der Waals surface area contributed by atoms with Crippen molar-refractivity contribution >= 4 is 5.69 Å². The van der Waals surface area contributed by atoms with E-state index < -0.39 is 0 Å². The van der Waals surface area contributed by atoms with E-state index in [1.54, 1.807) is 13.2 Å². The van der Waals surface area contributed by atoms with Crippen LogP contribution < -0.4 is 15.4 Å². The molecule has 1 saturated carbocycles. The molecule has 0 heterocycles. The van der Waals surface area contributed by atoms with Gasteiger partial charge in [0.1, 0.15) is 11.6 Å². The van der Waals surface area contributed by atoms with E-state index in [0.29, 0.717) is 12.3 Å². The van der Waals surface area contributed by atoms with Gasteiger partial charge in [0.15, 0.2) is 0 Å². The van der Waals surface area contributed by atoms with Crippen molar-refractivity contribution in [3.05, 3.63) is 24.0 Å². The molecule has 94 valence electrons. The Bertz CT molecular complexity index is 404. The molecule has 0 unspecified atom stereocenters. The minimum Gasteiger partial charge on any atom is -0.495 e. The maximum atomic E-state index is 13.3. The Morgan fingerprint density at radius 1 is 1.47 bits per heavy atom. The highest BCUT2D eigenvalue weighted by molar-refractivity contribution is 5.58. The number of nitrogens with zero attached hydrogens (tertiary/aromatic N) is 1. The Morgan fingerprint density at radius 2 is 2.18 bits per heavy atom. The Balaban J connectivity index is 2.17. The number of methoxy groups -OCH3 is 1. The normalized spacial score (nSPS) is 16.7. The fraction of sp³-hybridized carbons (Fsp3) is 0.538. The summed E-state index contributed by atoms with van der Waals surface area (Å²) in [6.07, 6.45) is 2.32. The highest BCUT2D eigenvalue weighted by Crippen LogP contribution is 2.46. The second kappa shape index (κ2) is 4.53. The summed E-state index contributed by atoms with van der Waals surface area (Å²) >= 11 is 0. The predicted octanol–water partition coefficient (Wildman–Crippen LogP) is 2.01. The van der Waals surface area contributed by atoms with Gasteiger partial charge in [0.25, 0.3) is 0 Å². The zero-order chi connectivity index (χ0) is 12.5. The molecular weight excluding hydrogens is 219 g/mol. The smallest absolute Gasteiger partial charge is 0.142 e. The van der Waals surface area contributed by atoms with Crippen LogP contribution in [-0.2, 0) is 0 Å². The van der Waals surface area contributed by atoms with Crippen LogP contribution >= 0.6 is 0 Å². The fourth-order valence-corrected chi connectivity index (χ4v) is 2.15. The molecule has 1 aliphatic rings. The van der Waals surface area contributed by atoms with Crippen LogP contribution in [0.1, 0.15) is 12.8 Å². The predicted molar refractivity (Wildman–Crippen MR) is 66.9 cm³/mol. The van der Waals surface area contributed by atoms with Crippen LogP contribution in [0.4, 0.5) is 10.1 Å². The lowest BCUT2D eigenvalue weighted by Gasteiger charge is -2.26. The minimum atomic E-state index is -0.245. The summed E-state index contributed by atoms with van der Waals surface area (Å²) in [6, 6.07) is 4.57. The van der Waals surface area contributed by atoms with E-state index in [0.717, 1.165) is 25.1 Å². The second-order valence-corrected chi connectivity index (χ2v) is 4.88. The number of halogens is 1. The van der Waals surface area contributed by atoms with E-state index in [1.807, 2.05) is 11.9 Å². The first-order valence-electron chi connectivity index (χ1n) is 5.85. The Labute approximate surface area is 101 Å². The molecular formula is C13H19FN2O. The van der Waals surface area contributed by atoms with Crippen molar-refractivity contribution in [2.45, 2.75) is 12.8 Å². The average Bonchev–Trinajstić information content (AvgIpc) is 3.09. The number of rotatable bonds is 5. The molecule has 1 aromatic rings. The van der Waals surface area contributed by atoms with Crippen LogP contribution in [0.15, 0.2) is 18.2 Å². The first-order valence-corrected chi connectivity index (χ1v) is 5.85. The summed E-state index contributed by atoms with van der Waals surface area (Å²) in [5.74, 6) is 0.451. The molecule has 1 aliphatic carbocycles. The third kappa shape index (κ3) is 2.52. The van der Waals surface area contributed by atoms with Gasteiger partial charge in [-0.05, 0) is 31.5 Å². The molecule has 0 saturated heterocycles. The lowest BCUT2D eigenvalue weighted by Crippen LogP contribution is -2.31. The number of anilines is 1. The average molecular weight is 238 g/mol. The molecule has 2 N–H and O–H groups in total. The summed E-state index contributed by atoms with van der Waals surface area (Å²) in [7, 11) is 3.55. The van der Waals surface area contributed by atoms with Gasteiger partial charge in [-0.3, -0.25) is 0 Å². The first kappa shape index (κ1) is 12.2. The molecule has 3 nitrogen and oxygen atoms in total. The van der Waals surface area contributed by atoms with Crippen LogP contribution in [-0.4, -0.2) is 27.2 Å². The highest BCUT2D eigenvalue weighted by Gasteiger charge is 2.42. The Kier molecular flexibility index (Phi) is 3.24. The van der Waals surface area contributed by atoms with E-state index in [2.05, 4.69) is 0 Å². The van der Waals surface area contributed by atoms with Gasteiger partial charge in [-0.1, -0.05) is 0 Å². The van der Waals surface area contributed by atoms with Gasteiger partial charge in [0.05, 0.1) is 12.8 Å². The van der Waals surface area contributed by atoms with Crippen molar-refractivity contribution in [3.8, 4) is 5.75 Å². The van der Waals surface area contributed by atoms with Crippen molar-refractivity contribution in [1.29, 1.82) is 0 Å². The van der Waals surface area contributed by atoms with Gasteiger partial charge in [-0.15, -0.1) is 0 Å². The number of ether oxygens (including phenoxy) is 1. The van der Waals surface area contributed by atoms with Crippen LogP contribution in [0.2, 0.25) is 0 Å². The molecule has 0 radical (unpaired) electrons. The van der Waals surface area contributed by atoms with Crippen LogP contribution in [0.3, 0.4) is 0 Å². The summed E-state index contributed by atoms with van der Waals surface area (Å²) in [5, 5.41) is 0. The van der Waals surface area contributed by atoms with E-state index in [4.69, 9.17) is 10.5 Å². The standard InChI is InChI=1S/C13H19FN2O/c1-16(9-13(8-15)5-6-13)11-7-10(14)3-4-12(11)17-2/h3-4,7H,5-6,8-9,15H2,1-2H3. The highest BCUT2D eigenvalue weighted by atomic mass is 19.1. The lowest BCUT2D eigenvalue weighted by molar-refractivity contribution is 0.412. The van der Waals surface area contributed by atoms with Crippen LogP contribution in [0.5, 0.6) is 5.75 Å². The van der Waals surface area contributed by atoms with Gasteiger partial charge in [0.2, 0.25) is 0 Å².